The average molecular weight is 371 g/mol. The molecule has 0 radical (unpaired) electrons. The molecule has 2 aromatic rings. The van der Waals surface area contributed by atoms with Gasteiger partial charge in [-0.05, 0) is 18.2 Å². The quantitative estimate of drug-likeness (QED) is 0.650. The second kappa shape index (κ2) is 6.65. The zero-order valence-corrected chi connectivity index (χ0v) is 14.8. The van der Waals surface area contributed by atoms with Crippen LogP contribution < -0.4 is 9.64 Å². The predicted molar refractivity (Wildman–Crippen MR) is 98.2 cm³/mol. The van der Waals surface area contributed by atoms with Gasteiger partial charge >= 0.3 is 0 Å². The molecule has 2 atom stereocenters. The van der Waals surface area contributed by atoms with Gasteiger partial charge in [0.15, 0.2) is 0 Å². The van der Waals surface area contributed by atoms with Crippen molar-refractivity contribution in [2.75, 3.05) is 19.0 Å². The molecule has 8 heteroatoms. The van der Waals surface area contributed by atoms with Crippen LogP contribution in [-0.4, -0.2) is 24.9 Å². The Bertz CT molecular complexity index is 952. The summed E-state index contributed by atoms with van der Waals surface area (Å²) in [7, 11) is 3.74. The van der Waals surface area contributed by atoms with E-state index in [9.17, 15) is 15.4 Å². The Morgan fingerprint density at radius 1 is 1.27 bits per heavy atom. The maximum absolute atomic E-state index is 11.5. The Labute approximate surface area is 155 Å². The molecule has 26 heavy (non-hydrogen) atoms. The molecular formula is C18H15ClN4O3. The molecule has 2 aromatic carbocycles. The molecule has 0 saturated heterocycles. The van der Waals surface area contributed by atoms with Crippen molar-refractivity contribution in [3.8, 4) is 11.8 Å². The minimum Gasteiger partial charge on any atom is -0.442 e. The van der Waals surface area contributed by atoms with Crippen molar-refractivity contribution in [1.82, 2.24) is 0 Å². The van der Waals surface area contributed by atoms with Gasteiger partial charge in [-0.15, -0.1) is 0 Å². The van der Waals surface area contributed by atoms with Crippen LogP contribution in [0.15, 0.2) is 36.4 Å². The summed E-state index contributed by atoms with van der Waals surface area (Å²) in [5.41, 5.74) is 1.62. The van der Waals surface area contributed by atoms with E-state index in [1.54, 1.807) is 12.1 Å². The first kappa shape index (κ1) is 17.7. The number of nitro groups is 1. The molecule has 0 bridgehead atoms. The highest BCUT2D eigenvalue weighted by Crippen LogP contribution is 2.46. The third-order valence-electron chi connectivity index (χ3n) is 4.34. The summed E-state index contributed by atoms with van der Waals surface area (Å²) in [6.07, 6.45) is 0. The van der Waals surface area contributed by atoms with Gasteiger partial charge in [-0.25, -0.2) is 0 Å². The largest absolute Gasteiger partial charge is 0.442 e. The van der Waals surface area contributed by atoms with Crippen LogP contribution in [0.2, 0.25) is 5.02 Å². The van der Waals surface area contributed by atoms with E-state index in [4.69, 9.17) is 21.7 Å². The van der Waals surface area contributed by atoms with Crippen LogP contribution in [0.5, 0.6) is 5.75 Å². The highest BCUT2D eigenvalue weighted by Gasteiger charge is 2.40. The van der Waals surface area contributed by atoms with Crippen LogP contribution >= 0.6 is 11.6 Å². The lowest BCUT2D eigenvalue weighted by Gasteiger charge is -2.31. The molecule has 0 aromatic heterocycles. The molecule has 0 saturated carbocycles. The number of nitro benzene ring substituents is 1. The number of nitrogens with zero attached hydrogens (tertiary/aromatic N) is 3. The first-order chi connectivity index (χ1) is 12.3. The molecule has 132 valence electrons. The van der Waals surface area contributed by atoms with E-state index in [0.29, 0.717) is 21.9 Å². The number of nitriles is 1. The van der Waals surface area contributed by atoms with Crippen molar-refractivity contribution in [2.45, 2.75) is 5.92 Å². The number of fused-ring (bicyclic) bond motifs is 1. The Morgan fingerprint density at radius 3 is 2.62 bits per heavy atom. The van der Waals surface area contributed by atoms with Gasteiger partial charge in [0.25, 0.3) is 5.69 Å². The number of benzene rings is 2. The monoisotopic (exact) mass is 370 g/mol. The van der Waals surface area contributed by atoms with Crippen LogP contribution in [0.4, 0.5) is 11.4 Å². The van der Waals surface area contributed by atoms with Crippen molar-refractivity contribution < 1.29 is 9.66 Å². The lowest BCUT2D eigenvalue weighted by molar-refractivity contribution is -0.385. The molecule has 1 heterocycles. The second-order valence-electron chi connectivity index (χ2n) is 6.13. The van der Waals surface area contributed by atoms with Gasteiger partial charge in [-0.1, -0.05) is 17.7 Å². The smallest absolute Gasteiger partial charge is 0.273 e. The molecule has 1 N–H and O–H groups in total. The average Bonchev–Trinajstić information content (AvgIpc) is 2.59. The summed E-state index contributed by atoms with van der Waals surface area (Å²) in [6, 6.07) is 11.6. The van der Waals surface area contributed by atoms with Gasteiger partial charge < -0.3 is 9.64 Å². The Hall–Kier alpha value is -3.11. The van der Waals surface area contributed by atoms with Gasteiger partial charge in [0, 0.05) is 54.0 Å². The van der Waals surface area contributed by atoms with Crippen LogP contribution in [0, 0.1) is 32.8 Å². The Balaban J connectivity index is 2.26. The summed E-state index contributed by atoms with van der Waals surface area (Å²) in [6.45, 7) is 0. The molecule has 1 aliphatic heterocycles. The SMILES string of the molecule is CN(C)c1ccc2c(c1)OC(=N)C(C#N)C2c1cc(Cl)ccc1[N+](=O)[O-]. The standard InChI is InChI=1S/C18H15ClN4O3/c1-22(2)11-4-5-12-16(8-11)26-18(21)14(9-20)17(12)13-7-10(19)3-6-15(13)23(24)25/h3-8,14,17,21H,1-2H3. The third kappa shape index (κ3) is 2.95. The van der Waals surface area contributed by atoms with Crippen molar-refractivity contribution in [1.29, 1.82) is 10.7 Å². The summed E-state index contributed by atoms with van der Waals surface area (Å²) in [4.78, 5) is 12.9. The van der Waals surface area contributed by atoms with Crippen molar-refractivity contribution in [3.05, 3.63) is 62.7 Å². The number of halogens is 1. The number of hydrogen-bond acceptors (Lipinski definition) is 6. The Morgan fingerprint density at radius 2 is 2.00 bits per heavy atom. The number of anilines is 1. The maximum atomic E-state index is 11.5. The highest BCUT2D eigenvalue weighted by atomic mass is 35.5. The number of hydrogen-bond donors (Lipinski definition) is 1. The van der Waals surface area contributed by atoms with Gasteiger partial charge in [-0.2, -0.15) is 5.26 Å². The van der Waals surface area contributed by atoms with Crippen LogP contribution in [-0.2, 0) is 0 Å². The molecular weight excluding hydrogens is 356 g/mol. The molecule has 0 fully saturated rings. The molecule has 1 aliphatic rings. The summed E-state index contributed by atoms with van der Waals surface area (Å²) in [5.74, 6) is -1.53. The van der Waals surface area contributed by atoms with Gasteiger partial charge in [0.05, 0.1) is 11.0 Å². The molecule has 3 rings (SSSR count). The predicted octanol–water partition coefficient (Wildman–Crippen LogP) is 3.96. The van der Waals surface area contributed by atoms with Crippen LogP contribution in [0.3, 0.4) is 0 Å². The summed E-state index contributed by atoms with van der Waals surface area (Å²) in [5, 5.41) is 29.5. The van der Waals surface area contributed by atoms with Crippen molar-refractivity contribution >= 4 is 28.9 Å². The van der Waals surface area contributed by atoms with Crippen molar-refractivity contribution in [3.63, 3.8) is 0 Å². The van der Waals surface area contributed by atoms with E-state index in [-0.39, 0.29) is 11.6 Å². The first-order valence-corrected chi connectivity index (χ1v) is 8.12. The van der Waals surface area contributed by atoms with E-state index in [2.05, 4.69) is 0 Å². The second-order valence-corrected chi connectivity index (χ2v) is 6.56. The highest BCUT2D eigenvalue weighted by molar-refractivity contribution is 6.30. The third-order valence-corrected chi connectivity index (χ3v) is 4.58. The van der Waals surface area contributed by atoms with E-state index >= 15 is 0 Å². The number of ether oxygens (including phenoxy) is 1. The normalized spacial score (nSPS) is 18.5. The zero-order valence-electron chi connectivity index (χ0n) is 14.1. The molecule has 7 nitrogen and oxygen atoms in total. The summed E-state index contributed by atoms with van der Waals surface area (Å²) < 4.78 is 5.54. The van der Waals surface area contributed by atoms with Crippen LogP contribution in [0.1, 0.15) is 17.0 Å². The Kier molecular flexibility index (Phi) is 4.53. The molecule has 0 amide bonds. The fraction of sp³-hybridized carbons (Fsp3) is 0.222. The minimum atomic E-state index is -0.982. The topological polar surface area (TPSA) is 103 Å². The lowest BCUT2D eigenvalue weighted by atomic mass is 9.78. The summed E-state index contributed by atoms with van der Waals surface area (Å²) >= 11 is 6.06. The fourth-order valence-electron chi connectivity index (χ4n) is 3.08. The van der Waals surface area contributed by atoms with Gasteiger partial charge in [0.1, 0.15) is 11.7 Å². The van der Waals surface area contributed by atoms with E-state index in [0.717, 1.165) is 5.69 Å². The van der Waals surface area contributed by atoms with E-state index < -0.39 is 16.8 Å². The molecule has 0 spiro atoms. The fourth-order valence-corrected chi connectivity index (χ4v) is 3.26. The van der Waals surface area contributed by atoms with Gasteiger partial charge in [0.2, 0.25) is 5.90 Å². The van der Waals surface area contributed by atoms with Gasteiger partial charge in [-0.3, -0.25) is 15.5 Å². The van der Waals surface area contributed by atoms with E-state index in [1.807, 2.05) is 31.1 Å². The van der Waals surface area contributed by atoms with Crippen LogP contribution in [0.25, 0.3) is 0 Å². The number of nitrogens with one attached hydrogen (secondary N) is 1. The number of rotatable bonds is 3. The van der Waals surface area contributed by atoms with E-state index in [1.165, 1.54) is 18.2 Å². The first-order valence-electron chi connectivity index (χ1n) is 7.74. The zero-order chi connectivity index (χ0) is 19.0. The molecule has 2 unspecified atom stereocenters. The maximum Gasteiger partial charge on any atom is 0.273 e. The minimum absolute atomic E-state index is 0.142. The molecule has 0 aliphatic carbocycles. The van der Waals surface area contributed by atoms with Crippen molar-refractivity contribution in [2.24, 2.45) is 5.92 Å². The lowest BCUT2D eigenvalue weighted by Crippen LogP contribution is -2.31.